The number of methoxy groups -OCH3 is 2. The van der Waals surface area contributed by atoms with Gasteiger partial charge in [-0.25, -0.2) is 18.6 Å². The molecule has 1 saturated carbocycles. The highest BCUT2D eigenvalue weighted by Gasteiger charge is 2.31. The molecule has 38 heavy (non-hydrogen) atoms. The van der Waals surface area contributed by atoms with Crippen molar-refractivity contribution in [2.24, 2.45) is 5.41 Å². The van der Waals surface area contributed by atoms with Crippen molar-refractivity contribution in [3.8, 4) is 22.1 Å². The number of aromatic carboxylic acids is 1. The number of hydrogen-bond acceptors (Lipinski definition) is 7. The van der Waals surface area contributed by atoms with Crippen molar-refractivity contribution in [2.45, 2.75) is 50.5 Å². The third-order valence-electron chi connectivity index (χ3n) is 6.86. The smallest absolute Gasteiger partial charge is 0.338 e. The van der Waals surface area contributed by atoms with E-state index in [0.29, 0.717) is 11.1 Å². The highest BCUT2D eigenvalue weighted by atomic mass is 32.2. The fourth-order valence-electron chi connectivity index (χ4n) is 4.63. The van der Waals surface area contributed by atoms with E-state index < -0.39 is 33.2 Å². The number of halogens is 2. The third-order valence-corrected chi connectivity index (χ3v) is 9.14. The zero-order chi connectivity index (χ0) is 27.8. The van der Waals surface area contributed by atoms with E-state index in [1.807, 2.05) is 0 Å². The number of benzene rings is 2. The molecule has 0 radical (unpaired) electrons. The van der Waals surface area contributed by atoms with E-state index in [9.17, 15) is 17.6 Å². The average molecular weight is 567 g/mol. The van der Waals surface area contributed by atoms with Gasteiger partial charge in [0.25, 0.3) is 10.0 Å². The van der Waals surface area contributed by atoms with Gasteiger partial charge in [-0.15, -0.1) is 11.3 Å². The van der Waals surface area contributed by atoms with E-state index in [1.165, 1.54) is 19.6 Å². The summed E-state index contributed by atoms with van der Waals surface area (Å²) >= 11 is 0.979. The maximum atomic E-state index is 15.6. The Balaban J connectivity index is 1.63. The monoisotopic (exact) mass is 566 g/mol. The summed E-state index contributed by atoms with van der Waals surface area (Å²) in [6, 6.07) is 4.99. The molecule has 0 atom stereocenters. The number of aromatic nitrogens is 1. The molecule has 1 fully saturated rings. The fourth-order valence-corrected chi connectivity index (χ4v) is 6.81. The molecular weight excluding hydrogens is 538 g/mol. The first-order valence-corrected chi connectivity index (χ1v) is 14.2. The minimum Gasteiger partial charge on any atom is -0.495 e. The van der Waals surface area contributed by atoms with E-state index in [1.54, 1.807) is 12.1 Å². The molecule has 12 heteroatoms. The van der Waals surface area contributed by atoms with Crippen molar-refractivity contribution in [3.05, 3.63) is 52.4 Å². The van der Waals surface area contributed by atoms with Crippen LogP contribution >= 0.6 is 11.3 Å². The number of hydrogen-bond donors (Lipinski definition) is 2. The lowest BCUT2D eigenvalue weighted by Crippen LogP contribution is -2.20. The molecular formula is C26H28F2N2O6S2. The van der Waals surface area contributed by atoms with Crippen molar-refractivity contribution in [3.63, 3.8) is 0 Å². The van der Waals surface area contributed by atoms with Crippen LogP contribution in [0, 0.1) is 17.0 Å². The van der Waals surface area contributed by atoms with Crippen LogP contribution in [0.25, 0.3) is 10.6 Å². The van der Waals surface area contributed by atoms with Crippen LogP contribution in [0.3, 0.4) is 0 Å². The van der Waals surface area contributed by atoms with E-state index in [0.717, 1.165) is 49.2 Å². The van der Waals surface area contributed by atoms with Gasteiger partial charge in [-0.05, 0) is 54.7 Å². The number of nitrogens with one attached hydrogen (secondary N) is 1. The Morgan fingerprint density at radius 3 is 2.45 bits per heavy atom. The van der Waals surface area contributed by atoms with E-state index >= 15 is 4.39 Å². The molecule has 1 aromatic heterocycles. The molecule has 0 bridgehead atoms. The fraction of sp³-hybridized carbons (Fsp3) is 0.385. The van der Waals surface area contributed by atoms with Crippen molar-refractivity contribution < 1.29 is 36.6 Å². The molecule has 3 aromatic rings. The number of nitrogens with zero attached hydrogens (tertiary/aromatic N) is 1. The Morgan fingerprint density at radius 2 is 1.84 bits per heavy atom. The molecule has 1 aliphatic carbocycles. The van der Waals surface area contributed by atoms with Crippen LogP contribution in [0.15, 0.2) is 34.7 Å². The van der Waals surface area contributed by atoms with Crippen LogP contribution in [0.1, 0.15) is 61.4 Å². The van der Waals surface area contributed by atoms with Gasteiger partial charge in [-0.2, -0.15) is 8.42 Å². The molecule has 4 rings (SSSR count). The highest BCUT2D eigenvalue weighted by molar-refractivity contribution is 7.92. The normalized spacial score (nSPS) is 15.7. The summed E-state index contributed by atoms with van der Waals surface area (Å²) in [5, 5.41) is 10.2. The molecule has 0 spiro atoms. The average Bonchev–Trinajstić information content (AvgIpc) is 3.35. The van der Waals surface area contributed by atoms with Gasteiger partial charge in [-0.1, -0.05) is 19.9 Å². The third kappa shape index (κ3) is 5.46. The Hall–Kier alpha value is -3.25. The minimum atomic E-state index is -4.33. The predicted octanol–water partition coefficient (Wildman–Crippen LogP) is 6.29. The molecule has 0 unspecified atom stereocenters. The summed E-state index contributed by atoms with van der Waals surface area (Å²) in [6.45, 7) is 4.42. The van der Waals surface area contributed by atoms with Crippen LogP contribution < -0.4 is 14.2 Å². The van der Waals surface area contributed by atoms with Crippen molar-refractivity contribution in [1.82, 2.24) is 4.98 Å². The lowest BCUT2D eigenvalue weighted by Gasteiger charge is -2.34. The van der Waals surface area contributed by atoms with Crippen LogP contribution in [-0.4, -0.2) is 38.7 Å². The SMILES string of the molecule is COc1cc(C(=O)O)c(F)cc1NS(=O)(=O)c1csc(-c2ccc(C3CCC(C)(C)CC3)c(F)c2OC)n1. The minimum absolute atomic E-state index is 0.00779. The van der Waals surface area contributed by atoms with Crippen LogP contribution in [0.4, 0.5) is 14.5 Å². The number of rotatable bonds is 8. The standard InChI is InChI=1S/C26H28F2N2O6S2/c1-26(2)9-7-14(8-10-26)15-5-6-16(23(36-4)22(15)28)24-29-21(13-37-24)38(33,34)30-19-12-18(27)17(25(31)32)11-20(19)35-3/h5-6,11-14,30H,7-10H2,1-4H3,(H,31,32). The zero-order valence-corrected chi connectivity index (χ0v) is 22.9. The van der Waals surface area contributed by atoms with Gasteiger partial charge in [0.1, 0.15) is 16.6 Å². The maximum Gasteiger partial charge on any atom is 0.338 e. The van der Waals surface area contributed by atoms with Gasteiger partial charge in [-0.3, -0.25) is 4.72 Å². The molecule has 0 aliphatic heterocycles. The molecule has 0 saturated heterocycles. The van der Waals surface area contributed by atoms with Crippen molar-refractivity contribution >= 4 is 33.0 Å². The van der Waals surface area contributed by atoms with Crippen LogP contribution in [0.2, 0.25) is 0 Å². The molecule has 2 N–H and O–H groups in total. The van der Waals surface area contributed by atoms with Gasteiger partial charge in [0.2, 0.25) is 0 Å². The Bertz CT molecular complexity index is 1480. The lowest BCUT2D eigenvalue weighted by atomic mass is 9.71. The molecule has 1 heterocycles. The van der Waals surface area contributed by atoms with Gasteiger partial charge in [0, 0.05) is 11.4 Å². The van der Waals surface area contributed by atoms with Crippen molar-refractivity contribution in [1.29, 1.82) is 0 Å². The quantitative estimate of drug-likeness (QED) is 0.329. The Morgan fingerprint density at radius 1 is 1.16 bits per heavy atom. The number of carboxylic acids is 1. The number of carboxylic acid groups (broad SMARTS) is 1. The van der Waals surface area contributed by atoms with Crippen LogP contribution in [0.5, 0.6) is 11.5 Å². The van der Waals surface area contributed by atoms with E-state index in [-0.39, 0.29) is 38.6 Å². The van der Waals surface area contributed by atoms with Gasteiger partial charge >= 0.3 is 5.97 Å². The number of anilines is 1. The first-order chi connectivity index (χ1) is 17.9. The molecule has 1 aliphatic rings. The number of sulfonamides is 1. The number of carbonyl (C=O) groups is 1. The summed E-state index contributed by atoms with van der Waals surface area (Å²) in [7, 11) is -1.79. The predicted molar refractivity (Wildman–Crippen MR) is 140 cm³/mol. The molecule has 2 aromatic carbocycles. The second-order valence-electron chi connectivity index (χ2n) is 9.92. The first kappa shape index (κ1) is 27.8. The van der Waals surface area contributed by atoms with E-state index in [2.05, 4.69) is 23.6 Å². The molecule has 204 valence electrons. The highest BCUT2D eigenvalue weighted by Crippen LogP contribution is 2.46. The maximum absolute atomic E-state index is 15.6. The summed E-state index contributed by atoms with van der Waals surface area (Å²) in [5.41, 5.74) is 0.155. The number of thiazole rings is 1. The largest absolute Gasteiger partial charge is 0.495 e. The summed E-state index contributed by atoms with van der Waals surface area (Å²) in [5.74, 6) is -3.27. The topological polar surface area (TPSA) is 115 Å². The van der Waals surface area contributed by atoms with Gasteiger partial charge in [0.05, 0.1) is 31.0 Å². The van der Waals surface area contributed by atoms with Crippen LogP contribution in [-0.2, 0) is 10.0 Å². The zero-order valence-electron chi connectivity index (χ0n) is 21.3. The first-order valence-electron chi connectivity index (χ1n) is 11.8. The number of ether oxygens (including phenoxy) is 2. The van der Waals surface area contributed by atoms with E-state index in [4.69, 9.17) is 14.6 Å². The van der Waals surface area contributed by atoms with Gasteiger partial charge < -0.3 is 14.6 Å². The second-order valence-corrected chi connectivity index (χ2v) is 12.4. The molecule has 8 nitrogen and oxygen atoms in total. The molecule has 0 amide bonds. The Kier molecular flexibility index (Phi) is 7.67. The van der Waals surface area contributed by atoms with Gasteiger partial charge in [0.15, 0.2) is 16.6 Å². The van der Waals surface area contributed by atoms with Crippen molar-refractivity contribution in [2.75, 3.05) is 18.9 Å². The summed E-state index contributed by atoms with van der Waals surface area (Å²) in [4.78, 5) is 15.4. The second kappa shape index (κ2) is 10.5. The Labute approximate surface area is 223 Å². The summed E-state index contributed by atoms with van der Waals surface area (Å²) < 4.78 is 68.4. The lowest BCUT2D eigenvalue weighted by molar-refractivity contribution is 0.0691. The summed E-state index contributed by atoms with van der Waals surface area (Å²) in [6.07, 6.45) is 3.73.